The summed E-state index contributed by atoms with van der Waals surface area (Å²) in [6.45, 7) is 2.10. The lowest BCUT2D eigenvalue weighted by molar-refractivity contribution is 0.0951. The number of aromatic nitrogens is 1. The van der Waals surface area contributed by atoms with Gasteiger partial charge >= 0.3 is 0 Å². The van der Waals surface area contributed by atoms with Crippen LogP contribution < -0.4 is 15.4 Å². The van der Waals surface area contributed by atoms with E-state index < -0.39 is 17.5 Å². The maximum Gasteiger partial charge on any atom is 0.271 e. The molecule has 1 aromatic heterocycles. The van der Waals surface area contributed by atoms with E-state index in [0.29, 0.717) is 12.1 Å². The molecule has 128 valence electrons. The van der Waals surface area contributed by atoms with Crippen LogP contribution >= 0.6 is 0 Å². The molecule has 0 aliphatic heterocycles. The minimum absolute atomic E-state index is 0.0707. The van der Waals surface area contributed by atoms with Gasteiger partial charge in [0, 0.05) is 19.7 Å². The molecule has 2 rings (SSSR count). The van der Waals surface area contributed by atoms with Gasteiger partial charge in [-0.05, 0) is 24.6 Å². The van der Waals surface area contributed by atoms with Gasteiger partial charge in [-0.15, -0.1) is 0 Å². The van der Waals surface area contributed by atoms with Crippen LogP contribution in [0.4, 0.5) is 8.78 Å². The molecule has 0 saturated heterocycles. The monoisotopic (exact) mass is 337 g/mol. The maximum absolute atomic E-state index is 13.2. The summed E-state index contributed by atoms with van der Waals surface area (Å²) in [4.78, 5) is 26.4. The Morgan fingerprint density at radius 1 is 1.17 bits per heavy atom. The van der Waals surface area contributed by atoms with Crippen molar-refractivity contribution in [3.05, 3.63) is 52.9 Å². The Kier molecular flexibility index (Phi) is 5.51. The Morgan fingerprint density at radius 2 is 1.92 bits per heavy atom. The molecule has 0 saturated carbocycles. The van der Waals surface area contributed by atoms with Gasteiger partial charge in [-0.25, -0.2) is 8.78 Å². The van der Waals surface area contributed by atoms with Crippen LogP contribution in [-0.4, -0.2) is 30.4 Å². The highest BCUT2D eigenvalue weighted by atomic mass is 19.2. The summed E-state index contributed by atoms with van der Waals surface area (Å²) >= 11 is 0. The lowest BCUT2D eigenvalue weighted by Gasteiger charge is -2.07. The molecule has 0 fully saturated rings. The van der Waals surface area contributed by atoms with Crippen LogP contribution in [0.15, 0.2) is 24.3 Å². The van der Waals surface area contributed by atoms with Crippen LogP contribution in [0.3, 0.4) is 0 Å². The normalized spacial score (nSPS) is 10.3. The van der Waals surface area contributed by atoms with E-state index in [-0.39, 0.29) is 29.7 Å². The number of benzene rings is 1. The van der Waals surface area contributed by atoms with E-state index in [0.717, 1.165) is 12.1 Å². The topological polar surface area (TPSA) is 83.2 Å². The third kappa shape index (κ3) is 3.89. The molecular weight excluding hydrogens is 320 g/mol. The molecule has 0 bridgehead atoms. The Balaban J connectivity index is 2.22. The quantitative estimate of drug-likeness (QED) is 0.754. The van der Waals surface area contributed by atoms with Crippen LogP contribution in [0.5, 0.6) is 5.75 Å². The molecule has 2 amide bonds. The fourth-order valence-electron chi connectivity index (χ4n) is 2.01. The summed E-state index contributed by atoms with van der Waals surface area (Å²) in [5.74, 6) is -2.65. The molecule has 0 aliphatic rings. The van der Waals surface area contributed by atoms with Gasteiger partial charge in [0.1, 0.15) is 18.0 Å². The molecule has 0 unspecified atom stereocenters. The van der Waals surface area contributed by atoms with E-state index in [1.807, 2.05) is 0 Å². The molecule has 6 nitrogen and oxygen atoms in total. The molecule has 1 aromatic carbocycles. The Morgan fingerprint density at radius 3 is 2.54 bits per heavy atom. The number of aromatic amines is 1. The number of rotatable bonds is 6. The minimum atomic E-state index is -0.986. The van der Waals surface area contributed by atoms with Crippen molar-refractivity contribution >= 4 is 11.8 Å². The summed E-state index contributed by atoms with van der Waals surface area (Å²) in [6.07, 6.45) is 0. The number of hydrogen-bond donors (Lipinski definition) is 3. The number of ether oxygens (including phenoxy) is 1. The largest absolute Gasteiger partial charge is 0.486 e. The van der Waals surface area contributed by atoms with Crippen molar-refractivity contribution in [2.24, 2.45) is 0 Å². The molecule has 0 aliphatic carbocycles. The van der Waals surface area contributed by atoms with Gasteiger partial charge in [-0.3, -0.25) is 9.59 Å². The lowest BCUT2D eigenvalue weighted by atomic mass is 10.2. The minimum Gasteiger partial charge on any atom is -0.486 e. The summed E-state index contributed by atoms with van der Waals surface area (Å²) < 4.78 is 31.6. The van der Waals surface area contributed by atoms with Gasteiger partial charge in [-0.2, -0.15) is 0 Å². The second-order valence-corrected chi connectivity index (χ2v) is 4.90. The van der Waals surface area contributed by atoms with Crippen LogP contribution in [0, 0.1) is 11.6 Å². The van der Waals surface area contributed by atoms with Gasteiger partial charge in [0.15, 0.2) is 17.4 Å². The Labute approximate surface area is 137 Å². The van der Waals surface area contributed by atoms with Gasteiger partial charge in [0.2, 0.25) is 0 Å². The number of H-pyrrole nitrogens is 1. The first-order valence-electron chi connectivity index (χ1n) is 7.26. The number of carbonyl (C=O) groups is 2. The van der Waals surface area contributed by atoms with E-state index in [4.69, 9.17) is 4.74 Å². The molecule has 0 spiro atoms. The number of halogens is 2. The van der Waals surface area contributed by atoms with Crippen LogP contribution in [0.25, 0.3) is 0 Å². The highest BCUT2D eigenvalue weighted by molar-refractivity contribution is 5.99. The van der Waals surface area contributed by atoms with E-state index in [2.05, 4.69) is 15.6 Å². The van der Waals surface area contributed by atoms with E-state index >= 15 is 0 Å². The summed E-state index contributed by atoms with van der Waals surface area (Å²) in [5, 5.41) is 5.03. The van der Waals surface area contributed by atoms with Gasteiger partial charge in [0.05, 0.1) is 0 Å². The Hall–Kier alpha value is -2.90. The van der Waals surface area contributed by atoms with Crippen molar-refractivity contribution < 1.29 is 23.1 Å². The lowest BCUT2D eigenvalue weighted by Crippen LogP contribution is -2.23. The van der Waals surface area contributed by atoms with Gasteiger partial charge < -0.3 is 20.4 Å². The number of nitrogens with one attached hydrogen (secondary N) is 3. The summed E-state index contributed by atoms with van der Waals surface area (Å²) in [5.41, 5.74) is 0.620. The third-order valence-electron chi connectivity index (χ3n) is 3.20. The van der Waals surface area contributed by atoms with Gasteiger partial charge in [0.25, 0.3) is 11.8 Å². The van der Waals surface area contributed by atoms with Crippen molar-refractivity contribution in [1.82, 2.24) is 15.6 Å². The predicted octanol–water partition coefficient (Wildman–Crippen LogP) is 1.98. The van der Waals surface area contributed by atoms with Crippen LogP contribution in [0.2, 0.25) is 0 Å². The molecule has 3 N–H and O–H groups in total. The molecule has 1 heterocycles. The van der Waals surface area contributed by atoms with Crippen molar-refractivity contribution in [1.29, 1.82) is 0 Å². The molecular formula is C16H17F2N3O3. The molecule has 8 heteroatoms. The van der Waals surface area contributed by atoms with E-state index in [1.165, 1.54) is 19.2 Å². The number of hydrogen-bond acceptors (Lipinski definition) is 3. The predicted molar refractivity (Wildman–Crippen MR) is 82.9 cm³/mol. The Bertz CT molecular complexity index is 759. The fourth-order valence-corrected chi connectivity index (χ4v) is 2.01. The maximum atomic E-state index is 13.2. The van der Waals surface area contributed by atoms with E-state index in [1.54, 1.807) is 6.92 Å². The number of carbonyl (C=O) groups excluding carboxylic acids is 2. The summed E-state index contributed by atoms with van der Waals surface area (Å²) in [6, 6.07) is 4.75. The second-order valence-electron chi connectivity index (χ2n) is 4.90. The highest BCUT2D eigenvalue weighted by Gasteiger charge is 2.19. The highest BCUT2D eigenvalue weighted by Crippen LogP contribution is 2.22. The van der Waals surface area contributed by atoms with Crippen LogP contribution in [-0.2, 0) is 6.61 Å². The fraction of sp³-hybridized carbons (Fsp3) is 0.250. The SMILES string of the molecule is CCNC(=O)c1cc(OCc2ccc(F)c(F)c2)c(C(=O)NC)[nH]1. The standard InChI is InChI=1S/C16H17F2N3O3/c1-3-20-15(22)12-7-13(14(21-12)16(23)19-2)24-8-9-4-5-10(17)11(18)6-9/h4-7,21H,3,8H2,1-2H3,(H,19,23)(H,20,22). The zero-order chi connectivity index (χ0) is 17.7. The average Bonchev–Trinajstić information content (AvgIpc) is 3.00. The zero-order valence-electron chi connectivity index (χ0n) is 13.2. The first-order valence-corrected chi connectivity index (χ1v) is 7.26. The smallest absolute Gasteiger partial charge is 0.271 e. The first-order chi connectivity index (χ1) is 11.5. The first kappa shape index (κ1) is 17.5. The second kappa shape index (κ2) is 7.58. The van der Waals surface area contributed by atoms with Crippen molar-refractivity contribution in [2.45, 2.75) is 13.5 Å². The van der Waals surface area contributed by atoms with Crippen molar-refractivity contribution in [3.8, 4) is 5.75 Å². The molecule has 0 atom stereocenters. The third-order valence-corrected chi connectivity index (χ3v) is 3.20. The van der Waals surface area contributed by atoms with Crippen molar-refractivity contribution in [2.75, 3.05) is 13.6 Å². The molecule has 24 heavy (non-hydrogen) atoms. The summed E-state index contributed by atoms with van der Waals surface area (Å²) in [7, 11) is 1.44. The zero-order valence-corrected chi connectivity index (χ0v) is 13.2. The van der Waals surface area contributed by atoms with Crippen LogP contribution in [0.1, 0.15) is 33.5 Å². The average molecular weight is 337 g/mol. The van der Waals surface area contributed by atoms with Gasteiger partial charge in [-0.1, -0.05) is 6.07 Å². The molecule has 0 radical (unpaired) electrons. The molecule has 2 aromatic rings. The van der Waals surface area contributed by atoms with Crippen molar-refractivity contribution in [3.63, 3.8) is 0 Å². The van der Waals surface area contributed by atoms with E-state index in [9.17, 15) is 18.4 Å². The number of amides is 2.